The number of morpholine rings is 1. The summed E-state index contributed by atoms with van der Waals surface area (Å²) in [6, 6.07) is -0.0137. The van der Waals surface area contributed by atoms with Gasteiger partial charge in [-0.2, -0.15) is 4.98 Å². The summed E-state index contributed by atoms with van der Waals surface area (Å²) in [6.07, 6.45) is 3.82. The summed E-state index contributed by atoms with van der Waals surface area (Å²) < 4.78 is 5.45. The minimum atomic E-state index is -0.350. The van der Waals surface area contributed by atoms with Crippen LogP contribution in [-0.4, -0.2) is 47.7 Å². The number of carbonyl (C=O) groups excluding carboxylic acids is 1. The number of hydrogen-bond acceptors (Lipinski definition) is 6. The number of amides is 1. The fourth-order valence-corrected chi connectivity index (χ4v) is 2.34. The van der Waals surface area contributed by atoms with E-state index < -0.39 is 0 Å². The van der Waals surface area contributed by atoms with Crippen LogP contribution in [0.15, 0.2) is 6.20 Å². The van der Waals surface area contributed by atoms with E-state index in [0.717, 1.165) is 24.2 Å². The lowest BCUT2D eigenvalue weighted by atomic mass is 10.2. The molecule has 1 unspecified atom stereocenters. The van der Waals surface area contributed by atoms with E-state index in [9.17, 15) is 4.79 Å². The number of nitrogens with one attached hydrogen (secondary N) is 1. The van der Waals surface area contributed by atoms with E-state index in [2.05, 4.69) is 15.3 Å². The molecule has 1 aliphatic carbocycles. The molecule has 1 atom stereocenters. The van der Waals surface area contributed by atoms with Crippen molar-refractivity contribution in [3.63, 3.8) is 0 Å². The molecule has 1 amide bonds. The molecular formula is C13H19N5O2. The zero-order chi connectivity index (χ0) is 14.1. The second kappa shape index (κ2) is 5.24. The molecular weight excluding hydrogens is 258 g/mol. The topological polar surface area (TPSA) is 93.4 Å². The van der Waals surface area contributed by atoms with Crippen molar-refractivity contribution in [3.8, 4) is 0 Å². The van der Waals surface area contributed by atoms with Crippen LogP contribution in [0.2, 0.25) is 0 Å². The zero-order valence-electron chi connectivity index (χ0n) is 11.5. The minimum absolute atomic E-state index is 0.00350. The van der Waals surface area contributed by atoms with Gasteiger partial charge in [-0.1, -0.05) is 0 Å². The van der Waals surface area contributed by atoms with Crippen LogP contribution in [0.3, 0.4) is 0 Å². The van der Waals surface area contributed by atoms with Gasteiger partial charge in [0, 0.05) is 24.3 Å². The second-order valence-electron chi connectivity index (χ2n) is 5.30. The Balaban J connectivity index is 1.83. The molecule has 3 N–H and O–H groups in total. The number of nitrogen functional groups attached to an aromatic ring is 1. The van der Waals surface area contributed by atoms with Gasteiger partial charge in [0.25, 0.3) is 0 Å². The van der Waals surface area contributed by atoms with Gasteiger partial charge in [-0.3, -0.25) is 4.79 Å². The number of aryl methyl sites for hydroxylation is 1. The normalized spacial score (nSPS) is 22.6. The van der Waals surface area contributed by atoms with Crippen LogP contribution in [0, 0.1) is 6.92 Å². The highest BCUT2D eigenvalue weighted by atomic mass is 16.5. The van der Waals surface area contributed by atoms with Crippen LogP contribution >= 0.6 is 0 Å². The van der Waals surface area contributed by atoms with Crippen molar-refractivity contribution in [2.24, 2.45) is 0 Å². The summed E-state index contributed by atoms with van der Waals surface area (Å²) in [4.78, 5) is 22.5. The predicted molar refractivity (Wildman–Crippen MR) is 74.3 cm³/mol. The Hall–Kier alpha value is -1.89. The van der Waals surface area contributed by atoms with Crippen molar-refractivity contribution >= 4 is 17.7 Å². The maximum Gasteiger partial charge on any atom is 0.245 e. The molecule has 7 nitrogen and oxygen atoms in total. The molecule has 0 radical (unpaired) electrons. The fourth-order valence-electron chi connectivity index (χ4n) is 2.34. The number of aromatic nitrogens is 2. The van der Waals surface area contributed by atoms with Crippen LogP contribution in [0.4, 0.5) is 11.8 Å². The number of hydrogen-bond donors (Lipinski definition) is 2. The van der Waals surface area contributed by atoms with Crippen molar-refractivity contribution in [1.82, 2.24) is 15.3 Å². The molecule has 1 saturated heterocycles. The zero-order valence-corrected chi connectivity index (χ0v) is 11.5. The van der Waals surface area contributed by atoms with Gasteiger partial charge in [0.2, 0.25) is 11.9 Å². The average molecular weight is 277 g/mol. The molecule has 7 heteroatoms. The Kier molecular flexibility index (Phi) is 3.43. The van der Waals surface area contributed by atoms with E-state index in [1.54, 1.807) is 6.20 Å². The molecule has 1 aliphatic heterocycles. The molecule has 3 rings (SSSR count). The number of rotatable bonds is 3. The van der Waals surface area contributed by atoms with E-state index in [0.29, 0.717) is 25.8 Å². The molecule has 108 valence electrons. The lowest BCUT2D eigenvalue weighted by Crippen LogP contribution is -2.55. The third-order valence-electron chi connectivity index (χ3n) is 3.59. The standard InChI is InChI=1S/C13H19N5O2/c1-8-6-15-13(14)17-11(8)18-4-5-20-7-10(18)12(19)16-9-2-3-9/h6,9-10H,2-5,7H2,1H3,(H,16,19)(H2,14,15,17). The fraction of sp³-hybridized carbons (Fsp3) is 0.615. The summed E-state index contributed by atoms with van der Waals surface area (Å²) in [5.41, 5.74) is 6.57. The smallest absolute Gasteiger partial charge is 0.245 e. The highest BCUT2D eigenvalue weighted by Gasteiger charge is 2.34. The largest absolute Gasteiger partial charge is 0.377 e. The SMILES string of the molecule is Cc1cnc(N)nc1N1CCOCC1C(=O)NC1CC1. The van der Waals surface area contributed by atoms with Gasteiger partial charge in [-0.25, -0.2) is 4.98 Å². The van der Waals surface area contributed by atoms with Gasteiger partial charge >= 0.3 is 0 Å². The molecule has 0 spiro atoms. The third kappa shape index (κ3) is 2.67. The molecule has 2 fully saturated rings. The van der Waals surface area contributed by atoms with E-state index in [-0.39, 0.29) is 17.9 Å². The van der Waals surface area contributed by atoms with Crippen molar-refractivity contribution in [2.45, 2.75) is 31.8 Å². The molecule has 0 aromatic carbocycles. The predicted octanol–water partition coefficient (Wildman–Crippen LogP) is -0.149. The summed E-state index contributed by atoms with van der Waals surface area (Å²) in [5.74, 6) is 0.943. The number of nitrogens with two attached hydrogens (primary N) is 1. The van der Waals surface area contributed by atoms with Crippen molar-refractivity contribution in [1.29, 1.82) is 0 Å². The van der Waals surface area contributed by atoms with Gasteiger partial charge in [-0.05, 0) is 19.8 Å². The van der Waals surface area contributed by atoms with Gasteiger partial charge in [-0.15, -0.1) is 0 Å². The van der Waals surface area contributed by atoms with Crippen LogP contribution in [0.25, 0.3) is 0 Å². The number of anilines is 2. The van der Waals surface area contributed by atoms with Crippen molar-refractivity contribution < 1.29 is 9.53 Å². The van der Waals surface area contributed by atoms with Gasteiger partial charge in [0.15, 0.2) is 0 Å². The summed E-state index contributed by atoms with van der Waals surface area (Å²) >= 11 is 0. The van der Waals surface area contributed by atoms with Gasteiger partial charge in [0.05, 0.1) is 13.2 Å². The molecule has 1 aromatic heterocycles. The highest BCUT2D eigenvalue weighted by molar-refractivity contribution is 5.86. The first-order chi connectivity index (χ1) is 9.65. The van der Waals surface area contributed by atoms with E-state index >= 15 is 0 Å². The van der Waals surface area contributed by atoms with E-state index in [1.807, 2.05) is 11.8 Å². The highest BCUT2D eigenvalue weighted by Crippen LogP contribution is 2.24. The van der Waals surface area contributed by atoms with Crippen LogP contribution < -0.4 is 16.0 Å². The van der Waals surface area contributed by atoms with Crippen LogP contribution in [0.1, 0.15) is 18.4 Å². The Morgan fingerprint density at radius 3 is 3.10 bits per heavy atom. The third-order valence-corrected chi connectivity index (χ3v) is 3.59. The van der Waals surface area contributed by atoms with Crippen LogP contribution in [0.5, 0.6) is 0 Å². The Morgan fingerprint density at radius 2 is 2.35 bits per heavy atom. The van der Waals surface area contributed by atoms with Crippen molar-refractivity contribution in [2.75, 3.05) is 30.4 Å². The lowest BCUT2D eigenvalue weighted by Gasteiger charge is -2.36. The summed E-state index contributed by atoms with van der Waals surface area (Å²) in [7, 11) is 0. The summed E-state index contributed by atoms with van der Waals surface area (Å²) in [5, 5.41) is 3.02. The molecule has 20 heavy (non-hydrogen) atoms. The molecule has 0 bridgehead atoms. The second-order valence-corrected chi connectivity index (χ2v) is 5.30. The molecule has 2 heterocycles. The quantitative estimate of drug-likeness (QED) is 0.798. The number of ether oxygens (including phenoxy) is 1. The maximum atomic E-state index is 12.3. The molecule has 1 aromatic rings. The number of carbonyl (C=O) groups is 1. The van der Waals surface area contributed by atoms with Crippen LogP contribution in [-0.2, 0) is 9.53 Å². The van der Waals surface area contributed by atoms with E-state index in [4.69, 9.17) is 10.5 Å². The first-order valence-electron chi connectivity index (χ1n) is 6.89. The summed E-state index contributed by atoms with van der Waals surface area (Å²) in [6.45, 7) is 3.50. The average Bonchev–Trinajstić information content (AvgIpc) is 3.25. The first kappa shape index (κ1) is 13.1. The number of nitrogens with zero attached hydrogens (tertiary/aromatic N) is 3. The molecule has 1 saturated carbocycles. The van der Waals surface area contributed by atoms with Gasteiger partial charge < -0.3 is 20.7 Å². The monoisotopic (exact) mass is 277 g/mol. The van der Waals surface area contributed by atoms with E-state index in [1.165, 1.54) is 0 Å². The maximum absolute atomic E-state index is 12.3. The Morgan fingerprint density at radius 1 is 1.55 bits per heavy atom. The van der Waals surface area contributed by atoms with Gasteiger partial charge in [0.1, 0.15) is 11.9 Å². The lowest BCUT2D eigenvalue weighted by molar-refractivity contribution is -0.124. The minimum Gasteiger partial charge on any atom is -0.377 e. The Bertz CT molecular complexity index is 517. The first-order valence-corrected chi connectivity index (χ1v) is 6.89. The molecule has 2 aliphatic rings. The van der Waals surface area contributed by atoms with Crippen molar-refractivity contribution in [3.05, 3.63) is 11.8 Å². The Labute approximate surface area is 117 Å².